The number of anilines is 2. The summed E-state index contributed by atoms with van der Waals surface area (Å²) >= 11 is 0. The summed E-state index contributed by atoms with van der Waals surface area (Å²) in [4.78, 5) is 17.0. The van der Waals surface area contributed by atoms with E-state index in [1.54, 1.807) is 17.8 Å². The van der Waals surface area contributed by atoms with Crippen molar-refractivity contribution in [3.63, 3.8) is 0 Å². The zero-order valence-corrected chi connectivity index (χ0v) is 15.8. The largest absolute Gasteiger partial charge is 0.372 e. The molecule has 0 bridgehead atoms. The molecule has 1 aliphatic rings. The average molecular weight is 398 g/mol. The summed E-state index contributed by atoms with van der Waals surface area (Å²) in [6.45, 7) is 0. The summed E-state index contributed by atoms with van der Waals surface area (Å²) in [6.07, 6.45) is 5.97. The van der Waals surface area contributed by atoms with Gasteiger partial charge in [-0.3, -0.25) is 0 Å². The van der Waals surface area contributed by atoms with Crippen LogP contribution in [-0.2, 0) is 0 Å². The van der Waals surface area contributed by atoms with Gasteiger partial charge in [0, 0.05) is 50.0 Å². The summed E-state index contributed by atoms with van der Waals surface area (Å²) in [6, 6.07) is 3.66. The summed E-state index contributed by atoms with van der Waals surface area (Å²) in [5.41, 5.74) is 3.05. The molecule has 0 unspecified atom stereocenters. The van der Waals surface area contributed by atoms with Crippen LogP contribution in [0.2, 0.25) is 0 Å². The highest BCUT2D eigenvalue weighted by atomic mass is 19.3. The van der Waals surface area contributed by atoms with Gasteiger partial charge in [0.2, 0.25) is 11.9 Å². The number of H-pyrrole nitrogens is 1. The molecule has 0 atom stereocenters. The monoisotopic (exact) mass is 398 g/mol. The first-order valence-corrected chi connectivity index (χ1v) is 9.54. The molecule has 1 fully saturated rings. The van der Waals surface area contributed by atoms with Crippen LogP contribution in [0.3, 0.4) is 0 Å². The van der Waals surface area contributed by atoms with Crippen molar-refractivity contribution in [2.45, 2.75) is 37.6 Å². The van der Waals surface area contributed by atoms with E-state index in [0.29, 0.717) is 30.3 Å². The van der Waals surface area contributed by atoms with Gasteiger partial charge in [0.15, 0.2) is 5.65 Å². The molecule has 1 aliphatic carbocycles. The molecule has 0 aromatic carbocycles. The minimum atomic E-state index is -2.56. The zero-order chi connectivity index (χ0) is 20.0. The number of fused-ring (bicyclic) bond motifs is 2. The summed E-state index contributed by atoms with van der Waals surface area (Å²) < 4.78 is 28.5. The van der Waals surface area contributed by atoms with Gasteiger partial charge in [-0.15, -0.1) is 0 Å². The van der Waals surface area contributed by atoms with Crippen molar-refractivity contribution < 1.29 is 8.78 Å². The van der Waals surface area contributed by atoms with E-state index in [1.165, 1.54) is 0 Å². The Balaban J connectivity index is 1.49. The third-order valence-corrected chi connectivity index (χ3v) is 5.35. The van der Waals surface area contributed by atoms with Crippen LogP contribution in [0.5, 0.6) is 0 Å². The SMILES string of the molecule is CNc1nc(NC2CCC(F)(F)CC2)nc2[nH]cc(-c3ccn4nccc4n3)c12. The Bertz CT molecular complexity index is 1170. The van der Waals surface area contributed by atoms with Crippen LogP contribution in [0.15, 0.2) is 30.7 Å². The number of halogens is 2. The molecule has 150 valence electrons. The van der Waals surface area contributed by atoms with Gasteiger partial charge < -0.3 is 15.6 Å². The smallest absolute Gasteiger partial charge is 0.248 e. The molecular weight excluding hydrogens is 378 g/mol. The Hall–Kier alpha value is -3.30. The number of aromatic nitrogens is 6. The third kappa shape index (κ3) is 3.24. The van der Waals surface area contributed by atoms with E-state index in [2.05, 4.69) is 35.7 Å². The number of aromatic amines is 1. The molecule has 0 amide bonds. The van der Waals surface area contributed by atoms with Crippen LogP contribution in [0, 0.1) is 0 Å². The number of nitrogens with zero attached hydrogens (tertiary/aromatic N) is 5. The first-order valence-electron chi connectivity index (χ1n) is 9.54. The van der Waals surface area contributed by atoms with Crippen LogP contribution < -0.4 is 10.6 Å². The van der Waals surface area contributed by atoms with E-state index in [4.69, 9.17) is 0 Å². The summed E-state index contributed by atoms with van der Waals surface area (Å²) in [7, 11) is 1.79. The molecule has 29 heavy (non-hydrogen) atoms. The number of hydrogen-bond donors (Lipinski definition) is 3. The van der Waals surface area contributed by atoms with Gasteiger partial charge >= 0.3 is 0 Å². The normalized spacial score (nSPS) is 17.1. The highest BCUT2D eigenvalue weighted by molar-refractivity contribution is 6.00. The van der Waals surface area contributed by atoms with Gasteiger partial charge in [-0.05, 0) is 18.9 Å². The fraction of sp³-hybridized carbons (Fsp3) is 0.368. The Morgan fingerprint density at radius 2 is 2.00 bits per heavy atom. The molecule has 0 saturated heterocycles. The van der Waals surface area contributed by atoms with Gasteiger partial charge in [0.25, 0.3) is 0 Å². The van der Waals surface area contributed by atoms with Crippen LogP contribution in [0.4, 0.5) is 20.5 Å². The summed E-state index contributed by atoms with van der Waals surface area (Å²) in [5.74, 6) is -1.49. The Morgan fingerprint density at radius 3 is 2.79 bits per heavy atom. The van der Waals surface area contributed by atoms with E-state index in [-0.39, 0.29) is 18.9 Å². The molecular formula is C19H20F2N8. The second kappa shape index (κ2) is 6.64. The third-order valence-electron chi connectivity index (χ3n) is 5.35. The van der Waals surface area contributed by atoms with Gasteiger partial charge in [-0.2, -0.15) is 15.1 Å². The quantitative estimate of drug-likeness (QED) is 0.485. The first-order chi connectivity index (χ1) is 14.0. The Morgan fingerprint density at radius 1 is 1.17 bits per heavy atom. The van der Waals surface area contributed by atoms with Gasteiger partial charge in [-0.25, -0.2) is 18.3 Å². The van der Waals surface area contributed by atoms with E-state index in [0.717, 1.165) is 22.3 Å². The molecule has 8 nitrogen and oxygen atoms in total. The van der Waals surface area contributed by atoms with Crippen LogP contribution in [0.1, 0.15) is 25.7 Å². The number of nitrogens with one attached hydrogen (secondary N) is 3. The van der Waals surface area contributed by atoms with E-state index in [1.807, 2.05) is 24.5 Å². The van der Waals surface area contributed by atoms with E-state index in [9.17, 15) is 8.78 Å². The molecule has 1 saturated carbocycles. The van der Waals surface area contributed by atoms with Crippen LogP contribution in [0.25, 0.3) is 27.9 Å². The van der Waals surface area contributed by atoms with Crippen molar-refractivity contribution in [2.24, 2.45) is 0 Å². The molecule has 4 aromatic rings. The number of rotatable bonds is 4. The molecule has 0 spiro atoms. The van der Waals surface area contributed by atoms with Crippen LogP contribution >= 0.6 is 0 Å². The van der Waals surface area contributed by atoms with Crippen molar-refractivity contribution >= 4 is 28.4 Å². The molecule has 0 radical (unpaired) electrons. The molecule has 4 aromatic heterocycles. The van der Waals surface area contributed by atoms with Gasteiger partial charge in [0.1, 0.15) is 11.5 Å². The van der Waals surface area contributed by atoms with Crippen molar-refractivity contribution in [3.8, 4) is 11.3 Å². The fourth-order valence-electron chi connectivity index (χ4n) is 3.81. The predicted octanol–water partition coefficient (Wildman–Crippen LogP) is 3.70. The fourth-order valence-corrected chi connectivity index (χ4v) is 3.81. The van der Waals surface area contributed by atoms with Gasteiger partial charge in [-0.1, -0.05) is 0 Å². The van der Waals surface area contributed by atoms with E-state index >= 15 is 0 Å². The number of hydrogen-bond acceptors (Lipinski definition) is 6. The highest BCUT2D eigenvalue weighted by Crippen LogP contribution is 2.35. The van der Waals surface area contributed by atoms with Crippen molar-refractivity contribution in [3.05, 3.63) is 30.7 Å². The minimum absolute atomic E-state index is 0.0582. The second-order valence-corrected chi connectivity index (χ2v) is 7.29. The van der Waals surface area contributed by atoms with E-state index < -0.39 is 5.92 Å². The maximum Gasteiger partial charge on any atom is 0.248 e. The predicted molar refractivity (Wildman–Crippen MR) is 106 cm³/mol. The van der Waals surface area contributed by atoms with Gasteiger partial charge in [0.05, 0.1) is 17.3 Å². The van der Waals surface area contributed by atoms with Crippen molar-refractivity contribution in [1.82, 2.24) is 29.5 Å². The maximum absolute atomic E-state index is 13.4. The molecule has 0 aliphatic heterocycles. The Labute approximate surface area is 164 Å². The van der Waals surface area contributed by atoms with Crippen LogP contribution in [-0.4, -0.2) is 48.6 Å². The first kappa shape index (κ1) is 17.8. The van der Waals surface area contributed by atoms with Crippen molar-refractivity contribution in [2.75, 3.05) is 17.7 Å². The topological polar surface area (TPSA) is 95.8 Å². The highest BCUT2D eigenvalue weighted by Gasteiger charge is 2.35. The lowest BCUT2D eigenvalue weighted by molar-refractivity contribution is -0.0361. The lowest BCUT2D eigenvalue weighted by Crippen LogP contribution is -2.32. The zero-order valence-electron chi connectivity index (χ0n) is 15.8. The number of alkyl halides is 2. The Kier molecular flexibility index (Phi) is 4.07. The minimum Gasteiger partial charge on any atom is -0.372 e. The molecule has 3 N–H and O–H groups in total. The lowest BCUT2D eigenvalue weighted by atomic mass is 9.92. The van der Waals surface area contributed by atoms with Crippen molar-refractivity contribution in [1.29, 1.82) is 0 Å². The average Bonchev–Trinajstić information content (AvgIpc) is 3.35. The maximum atomic E-state index is 13.4. The lowest BCUT2D eigenvalue weighted by Gasteiger charge is -2.28. The summed E-state index contributed by atoms with van der Waals surface area (Å²) in [5, 5.41) is 11.3. The second-order valence-electron chi connectivity index (χ2n) is 7.29. The standard InChI is InChI=1S/C19H20F2N8/c1-22-16-15-12(13-5-9-29-14(26-13)4-8-24-29)10-23-17(15)28-18(27-16)25-11-2-6-19(20,21)7-3-11/h4-5,8-11H,2-3,6-7H2,1H3,(H3,22,23,25,27,28). The molecule has 10 heteroatoms. The molecule has 5 rings (SSSR count). The molecule has 4 heterocycles.